The minimum Gasteiger partial charge on any atom is -0.496 e. The van der Waals surface area contributed by atoms with Crippen molar-refractivity contribution >= 4 is 5.95 Å². The third-order valence-corrected chi connectivity index (χ3v) is 4.80. The van der Waals surface area contributed by atoms with Crippen molar-refractivity contribution in [1.29, 1.82) is 0 Å². The van der Waals surface area contributed by atoms with Gasteiger partial charge in [0.1, 0.15) is 5.75 Å². The summed E-state index contributed by atoms with van der Waals surface area (Å²) in [6.07, 6.45) is 3.53. The molecule has 6 nitrogen and oxygen atoms in total. The molecule has 0 spiro atoms. The number of aryl methyl sites for hydroxylation is 1. The molecule has 1 saturated heterocycles. The van der Waals surface area contributed by atoms with Gasteiger partial charge in [0.05, 0.1) is 14.2 Å². The molecule has 1 fully saturated rings. The average Bonchev–Trinajstić information content (AvgIpc) is 2.67. The van der Waals surface area contributed by atoms with Crippen LogP contribution in [0.5, 0.6) is 11.6 Å². The van der Waals surface area contributed by atoms with Crippen LogP contribution in [0, 0.1) is 6.92 Å². The zero-order chi connectivity index (χ0) is 17.7. The second kappa shape index (κ2) is 7.70. The van der Waals surface area contributed by atoms with Gasteiger partial charge in [-0.3, -0.25) is 0 Å². The summed E-state index contributed by atoms with van der Waals surface area (Å²) in [5, 5.41) is 3.39. The van der Waals surface area contributed by atoms with E-state index in [-0.39, 0.29) is 5.41 Å². The number of aromatic nitrogens is 2. The van der Waals surface area contributed by atoms with Crippen molar-refractivity contribution in [2.24, 2.45) is 0 Å². The molecule has 1 aromatic heterocycles. The summed E-state index contributed by atoms with van der Waals surface area (Å²) < 4.78 is 16.4. The maximum atomic E-state index is 5.65. The third-order valence-electron chi connectivity index (χ3n) is 4.80. The number of rotatable bonds is 6. The van der Waals surface area contributed by atoms with Gasteiger partial charge in [0.25, 0.3) is 0 Å². The highest BCUT2D eigenvalue weighted by Crippen LogP contribution is 2.40. The van der Waals surface area contributed by atoms with E-state index in [4.69, 9.17) is 14.2 Å². The molecule has 1 aliphatic heterocycles. The monoisotopic (exact) mass is 343 g/mol. The van der Waals surface area contributed by atoms with E-state index in [1.54, 1.807) is 26.5 Å². The van der Waals surface area contributed by atoms with E-state index in [1.165, 1.54) is 11.1 Å². The van der Waals surface area contributed by atoms with Crippen LogP contribution in [0.25, 0.3) is 0 Å². The molecule has 0 radical (unpaired) electrons. The molecule has 0 unspecified atom stereocenters. The van der Waals surface area contributed by atoms with Gasteiger partial charge in [0, 0.05) is 43.0 Å². The van der Waals surface area contributed by atoms with Gasteiger partial charge < -0.3 is 19.5 Å². The van der Waals surface area contributed by atoms with E-state index >= 15 is 0 Å². The van der Waals surface area contributed by atoms with Crippen LogP contribution in [-0.4, -0.2) is 43.9 Å². The standard InChI is InChI=1S/C19H25N3O3/c1-14-4-5-16(23-2)15(12-14)19(7-10-25-11-8-19)13-21-18-20-9-6-17(22-18)24-3/h4-6,9,12H,7-8,10-11,13H2,1-3H3,(H,20,21,22). The average molecular weight is 343 g/mol. The summed E-state index contributed by atoms with van der Waals surface area (Å²) in [6.45, 7) is 4.29. The fourth-order valence-corrected chi connectivity index (χ4v) is 3.33. The zero-order valence-electron chi connectivity index (χ0n) is 15.0. The smallest absolute Gasteiger partial charge is 0.225 e. The SMILES string of the molecule is COc1ccnc(NCC2(c3cc(C)ccc3OC)CCOCC2)n1. The van der Waals surface area contributed by atoms with Gasteiger partial charge in [-0.15, -0.1) is 0 Å². The first-order valence-corrected chi connectivity index (χ1v) is 8.51. The lowest BCUT2D eigenvalue weighted by Gasteiger charge is -2.38. The molecule has 1 aliphatic rings. The first-order valence-electron chi connectivity index (χ1n) is 8.51. The van der Waals surface area contributed by atoms with Gasteiger partial charge in [0.2, 0.25) is 11.8 Å². The molecular weight excluding hydrogens is 318 g/mol. The predicted molar refractivity (Wildman–Crippen MR) is 96.5 cm³/mol. The number of hydrogen-bond donors (Lipinski definition) is 1. The molecule has 3 rings (SSSR count). The van der Waals surface area contributed by atoms with Crippen molar-refractivity contribution in [2.75, 3.05) is 39.3 Å². The molecular formula is C19H25N3O3. The van der Waals surface area contributed by atoms with E-state index in [0.29, 0.717) is 18.4 Å². The first kappa shape index (κ1) is 17.5. The number of methoxy groups -OCH3 is 2. The molecule has 0 aliphatic carbocycles. The van der Waals surface area contributed by atoms with Crippen LogP contribution in [0.2, 0.25) is 0 Å². The van der Waals surface area contributed by atoms with Gasteiger partial charge >= 0.3 is 0 Å². The van der Waals surface area contributed by atoms with Crippen LogP contribution < -0.4 is 14.8 Å². The van der Waals surface area contributed by atoms with Gasteiger partial charge in [-0.25, -0.2) is 4.98 Å². The van der Waals surface area contributed by atoms with E-state index in [1.807, 2.05) is 6.07 Å². The van der Waals surface area contributed by atoms with Crippen LogP contribution in [0.15, 0.2) is 30.5 Å². The number of ether oxygens (including phenoxy) is 3. The number of nitrogens with one attached hydrogen (secondary N) is 1. The minimum absolute atomic E-state index is 0.0813. The molecule has 2 heterocycles. The Bertz CT molecular complexity index is 715. The van der Waals surface area contributed by atoms with Gasteiger partial charge in [-0.1, -0.05) is 17.7 Å². The summed E-state index contributed by atoms with van der Waals surface area (Å²) in [4.78, 5) is 8.65. The first-order chi connectivity index (χ1) is 12.2. The number of hydrogen-bond acceptors (Lipinski definition) is 6. The highest BCUT2D eigenvalue weighted by molar-refractivity contribution is 5.44. The van der Waals surface area contributed by atoms with Crippen LogP contribution in [-0.2, 0) is 10.2 Å². The molecule has 0 amide bonds. The molecule has 1 aromatic carbocycles. The number of benzene rings is 1. The van der Waals surface area contributed by atoms with Crippen molar-refractivity contribution in [2.45, 2.75) is 25.2 Å². The second-order valence-corrected chi connectivity index (χ2v) is 6.37. The van der Waals surface area contributed by atoms with E-state index < -0.39 is 0 Å². The Morgan fingerprint density at radius 2 is 1.96 bits per heavy atom. The lowest BCUT2D eigenvalue weighted by Crippen LogP contribution is -2.40. The Morgan fingerprint density at radius 3 is 2.68 bits per heavy atom. The quantitative estimate of drug-likeness (QED) is 0.870. The normalized spacial score (nSPS) is 16.3. The fraction of sp³-hybridized carbons (Fsp3) is 0.474. The Hall–Kier alpha value is -2.34. The number of anilines is 1. The predicted octanol–water partition coefficient (Wildman–Crippen LogP) is 2.96. The second-order valence-electron chi connectivity index (χ2n) is 6.37. The Labute approximate surface area is 148 Å². The summed E-state index contributed by atoms with van der Waals surface area (Å²) in [6, 6.07) is 8.08. The van der Waals surface area contributed by atoms with Crippen molar-refractivity contribution < 1.29 is 14.2 Å². The van der Waals surface area contributed by atoms with Crippen LogP contribution in [0.3, 0.4) is 0 Å². The Morgan fingerprint density at radius 1 is 1.16 bits per heavy atom. The Balaban J connectivity index is 1.90. The van der Waals surface area contributed by atoms with Gasteiger partial charge in [0.15, 0.2) is 0 Å². The highest BCUT2D eigenvalue weighted by atomic mass is 16.5. The summed E-state index contributed by atoms with van der Waals surface area (Å²) in [5.74, 6) is 2.03. The maximum Gasteiger partial charge on any atom is 0.225 e. The molecule has 0 bridgehead atoms. The molecule has 134 valence electrons. The van der Waals surface area contributed by atoms with Gasteiger partial charge in [-0.05, 0) is 25.8 Å². The lowest BCUT2D eigenvalue weighted by molar-refractivity contribution is 0.0535. The van der Waals surface area contributed by atoms with E-state index in [2.05, 4.69) is 34.3 Å². The molecule has 1 N–H and O–H groups in total. The maximum absolute atomic E-state index is 5.65. The van der Waals surface area contributed by atoms with E-state index in [9.17, 15) is 0 Å². The topological polar surface area (TPSA) is 65.5 Å². The molecule has 0 atom stereocenters. The van der Waals surface area contributed by atoms with Crippen molar-refractivity contribution in [3.05, 3.63) is 41.6 Å². The minimum atomic E-state index is -0.0813. The van der Waals surface area contributed by atoms with Crippen molar-refractivity contribution in [1.82, 2.24) is 9.97 Å². The molecule has 6 heteroatoms. The van der Waals surface area contributed by atoms with E-state index in [0.717, 1.165) is 31.8 Å². The van der Waals surface area contributed by atoms with Crippen molar-refractivity contribution in [3.63, 3.8) is 0 Å². The number of nitrogens with zero attached hydrogens (tertiary/aromatic N) is 2. The van der Waals surface area contributed by atoms with Crippen molar-refractivity contribution in [3.8, 4) is 11.6 Å². The van der Waals surface area contributed by atoms with Gasteiger partial charge in [-0.2, -0.15) is 4.98 Å². The van der Waals surface area contributed by atoms with Crippen LogP contribution in [0.1, 0.15) is 24.0 Å². The fourth-order valence-electron chi connectivity index (χ4n) is 3.33. The molecule has 0 saturated carbocycles. The highest BCUT2D eigenvalue weighted by Gasteiger charge is 2.37. The summed E-state index contributed by atoms with van der Waals surface area (Å²) >= 11 is 0. The van der Waals surface area contributed by atoms with Crippen LogP contribution in [0.4, 0.5) is 5.95 Å². The summed E-state index contributed by atoms with van der Waals surface area (Å²) in [5.41, 5.74) is 2.36. The zero-order valence-corrected chi connectivity index (χ0v) is 15.0. The molecule has 25 heavy (non-hydrogen) atoms. The Kier molecular flexibility index (Phi) is 5.38. The largest absolute Gasteiger partial charge is 0.496 e. The third kappa shape index (κ3) is 3.85. The van der Waals surface area contributed by atoms with Crippen LogP contribution >= 0.6 is 0 Å². The molecule has 2 aromatic rings. The lowest BCUT2D eigenvalue weighted by atomic mass is 9.73. The summed E-state index contributed by atoms with van der Waals surface area (Å²) in [7, 11) is 3.32.